The van der Waals surface area contributed by atoms with E-state index in [4.69, 9.17) is 11.6 Å². The smallest absolute Gasteiger partial charge is 0.344 e. The third-order valence-electron chi connectivity index (χ3n) is 4.11. The molecule has 1 aromatic carbocycles. The first-order chi connectivity index (χ1) is 12.1. The van der Waals surface area contributed by atoms with Crippen LogP contribution in [-0.4, -0.2) is 29.2 Å². The van der Waals surface area contributed by atoms with E-state index < -0.39 is 21.1 Å². The van der Waals surface area contributed by atoms with Crippen molar-refractivity contribution in [2.24, 2.45) is 7.05 Å². The van der Waals surface area contributed by atoms with Crippen molar-refractivity contribution in [2.75, 3.05) is 5.75 Å². The fourth-order valence-electron chi connectivity index (χ4n) is 2.71. The molecule has 0 bridgehead atoms. The van der Waals surface area contributed by atoms with Crippen LogP contribution in [0.2, 0.25) is 5.02 Å². The first kappa shape index (κ1) is 18.7. The van der Waals surface area contributed by atoms with Gasteiger partial charge in [0.2, 0.25) is 9.84 Å². The standard InChI is InChI=1S/C17H14ClF3N2O2S/c1-23-15(7-12-2-3-14(18)8-16(12)23)13-6-11(9-22-10-13)4-5-26(24,25)17(19,20)21/h2-3,6-10H,4-5H2,1H3. The van der Waals surface area contributed by atoms with Crippen molar-refractivity contribution in [3.63, 3.8) is 0 Å². The second kappa shape index (κ2) is 6.59. The molecule has 0 spiro atoms. The molecule has 0 aliphatic carbocycles. The van der Waals surface area contributed by atoms with E-state index in [1.54, 1.807) is 18.3 Å². The lowest BCUT2D eigenvalue weighted by Gasteiger charge is -2.09. The maximum absolute atomic E-state index is 12.5. The van der Waals surface area contributed by atoms with Gasteiger partial charge in [-0.25, -0.2) is 8.42 Å². The van der Waals surface area contributed by atoms with Crippen molar-refractivity contribution in [2.45, 2.75) is 11.9 Å². The Morgan fingerprint density at radius 1 is 1.15 bits per heavy atom. The number of halogens is 4. The highest BCUT2D eigenvalue weighted by Gasteiger charge is 2.44. The summed E-state index contributed by atoms with van der Waals surface area (Å²) >= 11 is 6.02. The van der Waals surface area contributed by atoms with E-state index in [2.05, 4.69) is 4.98 Å². The lowest BCUT2D eigenvalue weighted by atomic mass is 10.1. The number of aryl methyl sites for hydroxylation is 2. The van der Waals surface area contributed by atoms with Crippen LogP contribution in [0, 0.1) is 0 Å². The maximum Gasteiger partial charge on any atom is 0.497 e. The van der Waals surface area contributed by atoms with Crippen LogP contribution < -0.4 is 0 Å². The van der Waals surface area contributed by atoms with Crippen molar-refractivity contribution in [3.05, 3.63) is 53.3 Å². The van der Waals surface area contributed by atoms with Crippen molar-refractivity contribution in [1.82, 2.24) is 9.55 Å². The highest BCUT2D eigenvalue weighted by atomic mass is 35.5. The molecule has 26 heavy (non-hydrogen) atoms. The van der Waals surface area contributed by atoms with Crippen molar-refractivity contribution in [3.8, 4) is 11.3 Å². The van der Waals surface area contributed by atoms with Gasteiger partial charge < -0.3 is 4.57 Å². The van der Waals surface area contributed by atoms with Crippen molar-refractivity contribution in [1.29, 1.82) is 0 Å². The Bertz CT molecular complexity index is 1080. The summed E-state index contributed by atoms with van der Waals surface area (Å²) in [5.74, 6) is -1.01. The minimum absolute atomic E-state index is 0.265. The lowest BCUT2D eigenvalue weighted by Crippen LogP contribution is -2.27. The first-order valence-electron chi connectivity index (χ1n) is 7.57. The summed E-state index contributed by atoms with van der Waals surface area (Å²) in [6.45, 7) is 0. The van der Waals surface area contributed by atoms with E-state index in [0.717, 1.165) is 16.6 Å². The minimum Gasteiger partial charge on any atom is -0.344 e. The number of nitrogens with zero attached hydrogens (tertiary/aromatic N) is 2. The molecular weight excluding hydrogens is 389 g/mol. The second-order valence-electron chi connectivity index (χ2n) is 5.89. The Morgan fingerprint density at radius 2 is 1.88 bits per heavy atom. The van der Waals surface area contributed by atoms with Crippen molar-refractivity contribution < 1.29 is 21.6 Å². The number of sulfone groups is 1. The highest BCUT2D eigenvalue weighted by molar-refractivity contribution is 7.92. The molecule has 3 rings (SSSR count). The number of fused-ring (bicyclic) bond motifs is 1. The van der Waals surface area contributed by atoms with Crippen LogP contribution >= 0.6 is 11.6 Å². The number of pyridine rings is 1. The van der Waals surface area contributed by atoms with E-state index in [1.807, 2.05) is 29.8 Å². The predicted octanol–water partition coefficient (Wildman–Crippen LogP) is 4.37. The zero-order valence-electron chi connectivity index (χ0n) is 13.6. The van der Waals surface area contributed by atoms with Gasteiger partial charge in [0.25, 0.3) is 0 Å². The Kier molecular flexibility index (Phi) is 4.74. The van der Waals surface area contributed by atoms with Gasteiger partial charge in [0.15, 0.2) is 0 Å². The fourth-order valence-corrected chi connectivity index (χ4v) is 3.61. The molecule has 0 radical (unpaired) electrons. The molecule has 0 saturated heterocycles. The molecular formula is C17H14ClF3N2O2S. The SMILES string of the molecule is Cn1c(-c2cncc(CCS(=O)(=O)C(F)(F)F)c2)cc2ccc(Cl)cc21. The number of hydrogen-bond acceptors (Lipinski definition) is 3. The Labute approximate surface area is 153 Å². The van der Waals surface area contributed by atoms with E-state index >= 15 is 0 Å². The number of alkyl halides is 3. The molecule has 0 unspecified atom stereocenters. The Morgan fingerprint density at radius 3 is 2.58 bits per heavy atom. The number of hydrogen-bond donors (Lipinski definition) is 0. The van der Waals surface area contributed by atoms with E-state index in [0.29, 0.717) is 16.1 Å². The lowest BCUT2D eigenvalue weighted by molar-refractivity contribution is -0.0435. The van der Waals surface area contributed by atoms with Crippen LogP contribution in [0.1, 0.15) is 5.56 Å². The van der Waals surface area contributed by atoms with Crippen LogP contribution in [0.3, 0.4) is 0 Å². The third kappa shape index (κ3) is 3.57. The average Bonchev–Trinajstić information content (AvgIpc) is 2.89. The van der Waals surface area contributed by atoms with Gasteiger partial charge in [0.05, 0.1) is 11.4 Å². The van der Waals surface area contributed by atoms with Crippen molar-refractivity contribution >= 4 is 32.3 Å². The van der Waals surface area contributed by atoms with E-state index in [1.165, 1.54) is 6.20 Å². The Hall–Kier alpha value is -2.06. The molecule has 2 heterocycles. The molecule has 9 heteroatoms. The molecule has 4 nitrogen and oxygen atoms in total. The summed E-state index contributed by atoms with van der Waals surface area (Å²) in [5, 5.41) is 1.55. The van der Waals surface area contributed by atoms with Crippen LogP contribution in [0.4, 0.5) is 13.2 Å². The van der Waals surface area contributed by atoms with Crippen LogP contribution in [0.25, 0.3) is 22.2 Å². The summed E-state index contributed by atoms with van der Waals surface area (Å²) in [6, 6.07) is 9.01. The highest BCUT2D eigenvalue weighted by Crippen LogP contribution is 2.29. The molecule has 0 amide bonds. The third-order valence-corrected chi connectivity index (χ3v) is 5.79. The van der Waals surface area contributed by atoms with Gasteiger partial charge in [-0.2, -0.15) is 13.2 Å². The van der Waals surface area contributed by atoms with Gasteiger partial charge in [-0.05, 0) is 36.2 Å². The van der Waals surface area contributed by atoms with Crippen LogP contribution in [0.5, 0.6) is 0 Å². The average molecular weight is 403 g/mol. The molecule has 0 aliphatic rings. The van der Waals surface area contributed by atoms with Crippen LogP contribution in [-0.2, 0) is 23.3 Å². The summed E-state index contributed by atoms with van der Waals surface area (Å²) in [5.41, 5.74) is -2.44. The van der Waals surface area contributed by atoms with E-state index in [9.17, 15) is 21.6 Å². The topological polar surface area (TPSA) is 52.0 Å². The number of aromatic nitrogens is 2. The molecule has 0 saturated carbocycles. The largest absolute Gasteiger partial charge is 0.497 e. The quantitative estimate of drug-likeness (QED) is 0.651. The summed E-state index contributed by atoms with van der Waals surface area (Å²) in [4.78, 5) is 4.04. The zero-order chi connectivity index (χ0) is 19.1. The fraction of sp³-hybridized carbons (Fsp3) is 0.235. The van der Waals surface area contributed by atoms with Gasteiger partial charge in [0.1, 0.15) is 0 Å². The number of rotatable bonds is 4. The summed E-state index contributed by atoms with van der Waals surface area (Å²) < 4.78 is 61.7. The Balaban J connectivity index is 1.92. The molecule has 138 valence electrons. The zero-order valence-corrected chi connectivity index (χ0v) is 15.2. The number of benzene rings is 1. The molecule has 2 aromatic heterocycles. The monoisotopic (exact) mass is 402 g/mol. The predicted molar refractivity (Wildman–Crippen MR) is 94.7 cm³/mol. The summed E-state index contributed by atoms with van der Waals surface area (Å²) in [6.07, 6.45) is 2.69. The van der Waals surface area contributed by atoms with Gasteiger partial charge in [-0.15, -0.1) is 0 Å². The van der Waals surface area contributed by atoms with Gasteiger partial charge >= 0.3 is 5.51 Å². The first-order valence-corrected chi connectivity index (χ1v) is 9.60. The minimum atomic E-state index is -5.24. The molecule has 0 aliphatic heterocycles. The van der Waals surface area contributed by atoms with Gasteiger partial charge in [-0.1, -0.05) is 17.7 Å². The van der Waals surface area contributed by atoms with Gasteiger partial charge in [0, 0.05) is 40.9 Å². The second-order valence-corrected chi connectivity index (χ2v) is 8.43. The molecule has 0 atom stereocenters. The molecule has 0 fully saturated rings. The maximum atomic E-state index is 12.5. The normalized spacial score (nSPS) is 12.7. The van der Waals surface area contributed by atoms with Crippen LogP contribution in [0.15, 0.2) is 42.7 Å². The molecule has 3 aromatic rings. The van der Waals surface area contributed by atoms with E-state index in [-0.39, 0.29) is 6.42 Å². The summed E-state index contributed by atoms with van der Waals surface area (Å²) in [7, 11) is -3.31. The molecule has 0 N–H and O–H groups in total. The van der Waals surface area contributed by atoms with Gasteiger partial charge in [-0.3, -0.25) is 4.98 Å².